The van der Waals surface area contributed by atoms with Crippen LogP contribution in [0.1, 0.15) is 37.7 Å². The number of carbonyl (C=O) groups is 2. The van der Waals surface area contributed by atoms with Gasteiger partial charge in [0.25, 0.3) is 17.7 Å². The molecule has 0 aliphatic carbocycles. The molecule has 3 aromatic rings. The summed E-state index contributed by atoms with van der Waals surface area (Å²) in [6.45, 7) is 2.72. The highest BCUT2D eigenvalue weighted by Gasteiger charge is 2.46. The maximum Gasteiger partial charge on any atom is 0.282 e. The highest BCUT2D eigenvalue weighted by molar-refractivity contribution is 6.01. The van der Waals surface area contributed by atoms with Crippen molar-refractivity contribution in [1.29, 1.82) is 0 Å². The van der Waals surface area contributed by atoms with Gasteiger partial charge in [-0.25, -0.2) is 18.7 Å². The van der Waals surface area contributed by atoms with Gasteiger partial charge in [-0.05, 0) is 43.2 Å². The molecule has 0 spiro atoms. The smallest absolute Gasteiger partial charge is 0.282 e. The Balaban J connectivity index is 1.61. The molecule has 1 saturated heterocycles. The number of halogens is 2. The molecule has 0 bridgehead atoms. The second kappa shape index (κ2) is 8.45. The first-order chi connectivity index (χ1) is 15.2. The van der Waals surface area contributed by atoms with E-state index < -0.39 is 24.9 Å². The average Bonchev–Trinajstić information content (AvgIpc) is 2.76. The summed E-state index contributed by atoms with van der Waals surface area (Å²) in [7, 11) is 0. The molecule has 0 radical (unpaired) electrons. The topological polar surface area (TPSA) is 75.2 Å². The number of carbonyl (C=O) groups excluding carboxylic acids is 2. The van der Waals surface area contributed by atoms with Crippen molar-refractivity contribution >= 4 is 11.8 Å². The quantitative estimate of drug-likeness (QED) is 0.661. The number of aromatic nitrogens is 2. The Hall–Kier alpha value is -3.68. The fraction of sp³-hybridized carbons (Fsp3) is 0.250. The van der Waals surface area contributed by atoms with Gasteiger partial charge in [-0.2, -0.15) is 0 Å². The van der Waals surface area contributed by atoms with Gasteiger partial charge >= 0.3 is 0 Å². The predicted octanol–water partition coefficient (Wildman–Crippen LogP) is 3.78. The molecule has 6 nitrogen and oxygen atoms in total. The molecule has 8 heteroatoms. The van der Waals surface area contributed by atoms with Crippen molar-refractivity contribution in [3.8, 4) is 11.1 Å². The number of hydrogen-bond donors (Lipinski definition) is 1. The van der Waals surface area contributed by atoms with Crippen LogP contribution < -0.4 is 5.32 Å². The Bertz CT molecular complexity index is 1150. The number of benzene rings is 2. The Kier molecular flexibility index (Phi) is 5.69. The van der Waals surface area contributed by atoms with Crippen LogP contribution in [-0.4, -0.2) is 45.7 Å². The van der Waals surface area contributed by atoms with Crippen LogP contribution in [0.3, 0.4) is 0 Å². The molecule has 1 fully saturated rings. The van der Waals surface area contributed by atoms with Crippen molar-refractivity contribution in [2.75, 3.05) is 13.1 Å². The molecule has 32 heavy (non-hydrogen) atoms. The first-order valence-electron chi connectivity index (χ1n) is 10.2. The minimum atomic E-state index is -2.86. The lowest BCUT2D eigenvalue weighted by molar-refractivity contribution is -0.113. The standard InChI is InChI=1S/C24H22F2N4O2/c1-15-3-5-18(6-4-15)19-7-20(22(31)29-12-17-10-27-16(2)28-11-17)9-21(8-19)23(32)30-13-24(25,26)14-30/h3-11H,12-14H2,1-2H3,(H,29,31). The number of amides is 2. The van der Waals surface area contributed by atoms with Gasteiger partial charge in [0.1, 0.15) is 5.82 Å². The zero-order valence-electron chi connectivity index (χ0n) is 17.7. The Morgan fingerprint density at radius 1 is 0.969 bits per heavy atom. The van der Waals surface area contributed by atoms with Gasteiger partial charge in [0, 0.05) is 35.6 Å². The van der Waals surface area contributed by atoms with Crippen LogP contribution >= 0.6 is 0 Å². The van der Waals surface area contributed by atoms with Crippen LogP contribution in [0.4, 0.5) is 8.78 Å². The normalized spacial score (nSPS) is 14.6. The van der Waals surface area contributed by atoms with E-state index >= 15 is 0 Å². The molecule has 164 valence electrons. The summed E-state index contributed by atoms with van der Waals surface area (Å²) in [6, 6.07) is 12.4. The van der Waals surface area contributed by atoms with Crippen LogP contribution in [0.2, 0.25) is 0 Å². The number of nitrogens with zero attached hydrogens (tertiary/aromatic N) is 3. The maximum absolute atomic E-state index is 13.3. The van der Waals surface area contributed by atoms with E-state index in [-0.39, 0.29) is 23.6 Å². The highest BCUT2D eigenvalue weighted by atomic mass is 19.3. The molecule has 4 rings (SSSR count). The number of likely N-dealkylation sites (tertiary alicyclic amines) is 1. The van der Waals surface area contributed by atoms with Crippen molar-refractivity contribution in [3.63, 3.8) is 0 Å². The lowest BCUT2D eigenvalue weighted by atomic mass is 9.97. The summed E-state index contributed by atoms with van der Waals surface area (Å²) >= 11 is 0. The molecule has 0 saturated carbocycles. The molecule has 2 heterocycles. The fourth-order valence-corrected chi connectivity index (χ4v) is 3.43. The molecule has 1 aliphatic rings. The molecule has 1 aliphatic heterocycles. The van der Waals surface area contributed by atoms with Crippen LogP contribution in [-0.2, 0) is 6.54 Å². The number of hydrogen-bond acceptors (Lipinski definition) is 4. The van der Waals surface area contributed by atoms with E-state index in [0.29, 0.717) is 11.4 Å². The third-order valence-electron chi connectivity index (χ3n) is 5.25. The molecule has 2 amide bonds. The zero-order valence-corrected chi connectivity index (χ0v) is 17.7. The van der Waals surface area contributed by atoms with Crippen LogP contribution in [0.15, 0.2) is 54.9 Å². The lowest BCUT2D eigenvalue weighted by Gasteiger charge is -2.38. The minimum absolute atomic E-state index is 0.197. The summed E-state index contributed by atoms with van der Waals surface area (Å²) in [5.41, 5.74) is 3.75. The number of nitrogens with one attached hydrogen (secondary N) is 1. The Labute approximate surface area is 184 Å². The van der Waals surface area contributed by atoms with Crippen LogP contribution in [0, 0.1) is 13.8 Å². The van der Waals surface area contributed by atoms with Gasteiger partial charge in [-0.1, -0.05) is 29.8 Å². The van der Waals surface area contributed by atoms with Crippen LogP contribution in [0.5, 0.6) is 0 Å². The van der Waals surface area contributed by atoms with E-state index in [1.807, 2.05) is 31.2 Å². The van der Waals surface area contributed by atoms with Gasteiger partial charge in [0.05, 0.1) is 13.1 Å². The second-order valence-electron chi connectivity index (χ2n) is 8.00. The largest absolute Gasteiger partial charge is 0.348 e. The molecule has 0 atom stereocenters. The fourth-order valence-electron chi connectivity index (χ4n) is 3.43. The minimum Gasteiger partial charge on any atom is -0.348 e. The Morgan fingerprint density at radius 3 is 2.22 bits per heavy atom. The van der Waals surface area contributed by atoms with Crippen molar-refractivity contribution < 1.29 is 18.4 Å². The predicted molar refractivity (Wildman–Crippen MR) is 115 cm³/mol. The number of rotatable bonds is 5. The summed E-state index contributed by atoms with van der Waals surface area (Å²) in [5.74, 6) is -3.14. The molecule has 2 aromatic carbocycles. The molecular weight excluding hydrogens is 414 g/mol. The van der Waals surface area contributed by atoms with Gasteiger partial charge in [-0.15, -0.1) is 0 Å². The first-order valence-corrected chi connectivity index (χ1v) is 10.2. The molecule has 0 unspecified atom stereocenters. The highest BCUT2D eigenvalue weighted by Crippen LogP contribution is 2.30. The number of aryl methyl sites for hydroxylation is 2. The van der Waals surface area contributed by atoms with E-state index in [1.54, 1.807) is 31.5 Å². The van der Waals surface area contributed by atoms with E-state index in [1.165, 1.54) is 6.07 Å². The van der Waals surface area contributed by atoms with E-state index in [4.69, 9.17) is 0 Å². The average molecular weight is 436 g/mol. The second-order valence-corrected chi connectivity index (χ2v) is 8.00. The van der Waals surface area contributed by atoms with Crippen molar-refractivity contribution in [3.05, 3.63) is 82.9 Å². The van der Waals surface area contributed by atoms with Gasteiger partial charge < -0.3 is 10.2 Å². The summed E-state index contributed by atoms with van der Waals surface area (Å²) in [4.78, 5) is 34.9. The molecular formula is C24H22F2N4O2. The van der Waals surface area contributed by atoms with E-state index in [0.717, 1.165) is 21.6 Å². The summed E-state index contributed by atoms with van der Waals surface area (Å²) < 4.78 is 26.5. The van der Waals surface area contributed by atoms with Gasteiger partial charge in [-0.3, -0.25) is 9.59 Å². The van der Waals surface area contributed by atoms with Gasteiger partial charge in [0.15, 0.2) is 0 Å². The zero-order chi connectivity index (χ0) is 22.9. The van der Waals surface area contributed by atoms with Crippen molar-refractivity contribution in [2.24, 2.45) is 0 Å². The van der Waals surface area contributed by atoms with Crippen LogP contribution in [0.25, 0.3) is 11.1 Å². The maximum atomic E-state index is 13.3. The number of alkyl halides is 2. The van der Waals surface area contributed by atoms with Crippen molar-refractivity contribution in [1.82, 2.24) is 20.2 Å². The lowest BCUT2D eigenvalue weighted by Crippen LogP contribution is -2.58. The molecule has 1 N–H and O–H groups in total. The third kappa shape index (κ3) is 4.80. The first kappa shape index (κ1) is 21.5. The third-order valence-corrected chi connectivity index (χ3v) is 5.25. The SMILES string of the molecule is Cc1ccc(-c2cc(C(=O)NCc3cnc(C)nc3)cc(C(=O)N3CC(F)(F)C3)c2)cc1. The Morgan fingerprint density at radius 2 is 1.59 bits per heavy atom. The summed E-state index contributed by atoms with van der Waals surface area (Å²) in [5, 5.41) is 2.80. The van der Waals surface area contributed by atoms with Gasteiger partial charge in [0.2, 0.25) is 0 Å². The van der Waals surface area contributed by atoms with E-state index in [2.05, 4.69) is 15.3 Å². The van der Waals surface area contributed by atoms with E-state index in [9.17, 15) is 18.4 Å². The van der Waals surface area contributed by atoms with Crippen molar-refractivity contribution in [2.45, 2.75) is 26.3 Å². The summed E-state index contributed by atoms with van der Waals surface area (Å²) in [6.07, 6.45) is 3.26. The monoisotopic (exact) mass is 436 g/mol. The molecule has 1 aromatic heterocycles.